The van der Waals surface area contributed by atoms with Crippen LogP contribution in [0.4, 0.5) is 5.69 Å². The monoisotopic (exact) mass is 452 g/mol. The van der Waals surface area contributed by atoms with E-state index in [1.54, 1.807) is 13.0 Å². The summed E-state index contributed by atoms with van der Waals surface area (Å²) in [4.78, 5) is 26.9. The third kappa shape index (κ3) is 6.59. The molecule has 0 aliphatic carbocycles. The van der Waals surface area contributed by atoms with Crippen LogP contribution in [0.5, 0.6) is 5.75 Å². The molecular formula is C22H24N6O3S. The highest BCUT2D eigenvalue weighted by Crippen LogP contribution is 2.15. The number of nitriles is 2. The molecule has 1 heterocycles. The highest BCUT2D eigenvalue weighted by atomic mass is 32.1. The predicted molar refractivity (Wildman–Crippen MR) is 123 cm³/mol. The van der Waals surface area contributed by atoms with Crippen molar-refractivity contribution >= 4 is 34.2 Å². The molecule has 2 aromatic rings. The molecule has 9 nitrogen and oxygen atoms in total. The Hall–Kier alpha value is -3.82. The zero-order valence-electron chi connectivity index (χ0n) is 18.1. The number of rotatable bonds is 9. The van der Waals surface area contributed by atoms with Gasteiger partial charge in [-0.3, -0.25) is 14.2 Å². The lowest BCUT2D eigenvalue weighted by Gasteiger charge is -2.11. The Bertz CT molecular complexity index is 1240. The van der Waals surface area contributed by atoms with Gasteiger partial charge in [0.2, 0.25) is 0 Å². The van der Waals surface area contributed by atoms with Crippen molar-refractivity contribution in [1.29, 1.82) is 10.5 Å². The first-order valence-corrected chi connectivity index (χ1v) is 10.6. The minimum Gasteiger partial charge on any atom is -0.492 e. The number of anilines is 1. The molecule has 0 saturated carbocycles. The molecule has 1 aromatic carbocycles. The van der Waals surface area contributed by atoms with Crippen molar-refractivity contribution in [2.75, 3.05) is 39.1 Å². The van der Waals surface area contributed by atoms with Crippen LogP contribution < -0.4 is 30.1 Å². The maximum absolute atomic E-state index is 12.6. The molecule has 0 fully saturated rings. The Kier molecular flexibility index (Phi) is 9.27. The zero-order valence-corrected chi connectivity index (χ0v) is 19.0. The smallest absolute Gasteiger partial charge is 0.277 e. The molecule has 0 atom stereocenters. The number of hydrogen-bond donors (Lipinski definition) is 2. The number of carbonyl (C=O) groups excluding carboxylic acids is 1. The van der Waals surface area contributed by atoms with E-state index in [2.05, 4.69) is 16.4 Å². The van der Waals surface area contributed by atoms with E-state index in [-0.39, 0.29) is 33.4 Å². The number of amides is 1. The van der Waals surface area contributed by atoms with E-state index in [9.17, 15) is 14.9 Å². The summed E-state index contributed by atoms with van der Waals surface area (Å²) in [7, 11) is 3.96. The largest absolute Gasteiger partial charge is 0.492 e. The van der Waals surface area contributed by atoms with E-state index in [1.165, 1.54) is 10.8 Å². The molecule has 2 rings (SSSR count). The first-order chi connectivity index (χ1) is 15.4. The van der Waals surface area contributed by atoms with Gasteiger partial charge in [-0.2, -0.15) is 10.5 Å². The van der Waals surface area contributed by atoms with Crippen molar-refractivity contribution in [3.05, 3.63) is 50.0 Å². The fourth-order valence-corrected chi connectivity index (χ4v) is 3.63. The van der Waals surface area contributed by atoms with Crippen LogP contribution in [-0.4, -0.2) is 49.2 Å². The minimum absolute atomic E-state index is 0.213. The third-order valence-electron chi connectivity index (χ3n) is 4.18. The summed E-state index contributed by atoms with van der Waals surface area (Å²) in [6.45, 7) is 3.21. The Labute approximate surface area is 189 Å². The van der Waals surface area contributed by atoms with E-state index < -0.39 is 5.91 Å². The number of aromatic nitrogens is 1. The number of nitrogens with one attached hydrogen (secondary N) is 2. The molecule has 0 radical (unpaired) electrons. The van der Waals surface area contributed by atoms with Gasteiger partial charge >= 0.3 is 0 Å². The molecule has 1 aromatic heterocycles. The second-order valence-electron chi connectivity index (χ2n) is 6.72. The lowest BCUT2D eigenvalue weighted by Crippen LogP contribution is -2.34. The zero-order chi connectivity index (χ0) is 23.5. The van der Waals surface area contributed by atoms with E-state index in [1.807, 2.05) is 49.3 Å². The van der Waals surface area contributed by atoms with Gasteiger partial charge in [-0.05, 0) is 45.3 Å². The molecule has 1 amide bonds. The number of likely N-dealkylation sites (N-methyl/N-ethyl adjacent to an activating group) is 1. The van der Waals surface area contributed by atoms with Gasteiger partial charge in [-0.15, -0.1) is 11.3 Å². The number of nitrogens with zero attached hydrogens (tertiary/aromatic N) is 4. The van der Waals surface area contributed by atoms with Crippen molar-refractivity contribution in [3.63, 3.8) is 0 Å². The Balaban J connectivity index is 2.29. The summed E-state index contributed by atoms with van der Waals surface area (Å²) in [5.41, 5.74) is 3.10. The first-order valence-electron chi connectivity index (χ1n) is 9.79. The number of thiazole rings is 1. The Morgan fingerprint density at radius 3 is 2.59 bits per heavy atom. The van der Waals surface area contributed by atoms with Gasteiger partial charge in [0.25, 0.3) is 11.5 Å². The van der Waals surface area contributed by atoms with Gasteiger partial charge in [0.15, 0.2) is 5.57 Å². The normalized spacial score (nSPS) is 11.1. The predicted octanol–water partition coefficient (Wildman–Crippen LogP) is 0.189. The second-order valence-corrected chi connectivity index (χ2v) is 7.72. The first kappa shape index (κ1) is 24.4. The lowest BCUT2D eigenvalue weighted by atomic mass is 10.3. The molecule has 166 valence electrons. The van der Waals surface area contributed by atoms with Crippen LogP contribution in [0.2, 0.25) is 0 Å². The van der Waals surface area contributed by atoms with Crippen molar-refractivity contribution in [2.24, 2.45) is 0 Å². The van der Waals surface area contributed by atoms with E-state index in [4.69, 9.17) is 10.00 Å². The van der Waals surface area contributed by atoms with Crippen LogP contribution in [0.25, 0.3) is 11.3 Å². The van der Waals surface area contributed by atoms with Gasteiger partial charge in [-0.25, -0.2) is 0 Å². The van der Waals surface area contributed by atoms with Gasteiger partial charge in [-0.1, -0.05) is 5.73 Å². The maximum Gasteiger partial charge on any atom is 0.277 e. The topological polar surface area (TPSA) is 123 Å². The van der Waals surface area contributed by atoms with Crippen LogP contribution >= 0.6 is 11.3 Å². The molecule has 0 aliphatic heterocycles. The fourth-order valence-electron chi connectivity index (χ4n) is 2.56. The number of benzene rings is 1. The molecule has 0 spiro atoms. The van der Waals surface area contributed by atoms with E-state index >= 15 is 0 Å². The van der Waals surface area contributed by atoms with Gasteiger partial charge in [0.1, 0.15) is 34.2 Å². The third-order valence-corrected chi connectivity index (χ3v) is 5.30. The molecule has 2 N–H and O–H groups in total. The van der Waals surface area contributed by atoms with Crippen molar-refractivity contribution in [2.45, 2.75) is 13.5 Å². The SMILES string of the molecule is CCn1c(=O)c(=C=CNc2ccc(OCCN(C)C)cc2)s/c1=C(/C#N)C(=O)NCC#N. The number of hydrogen-bond acceptors (Lipinski definition) is 8. The van der Waals surface area contributed by atoms with Crippen LogP contribution in [0, 0.1) is 22.7 Å². The summed E-state index contributed by atoms with van der Waals surface area (Å²) in [6, 6.07) is 11.0. The summed E-state index contributed by atoms with van der Waals surface area (Å²) >= 11 is 0.995. The average Bonchev–Trinajstić information content (AvgIpc) is 3.08. The van der Waals surface area contributed by atoms with Crippen molar-refractivity contribution in [3.8, 4) is 17.9 Å². The van der Waals surface area contributed by atoms with Crippen molar-refractivity contribution in [1.82, 2.24) is 14.8 Å². The Morgan fingerprint density at radius 1 is 1.28 bits per heavy atom. The van der Waals surface area contributed by atoms with Crippen LogP contribution in [0.1, 0.15) is 6.92 Å². The molecule has 10 heteroatoms. The molecule has 0 bridgehead atoms. The van der Waals surface area contributed by atoms with Crippen LogP contribution in [0.3, 0.4) is 0 Å². The second kappa shape index (κ2) is 12.1. The molecular weight excluding hydrogens is 428 g/mol. The van der Waals surface area contributed by atoms with E-state index in [0.717, 1.165) is 29.3 Å². The van der Waals surface area contributed by atoms with E-state index in [0.29, 0.717) is 6.61 Å². The fraction of sp³-hybridized carbons (Fsp3) is 0.318. The number of carbonyl (C=O) groups is 1. The molecule has 32 heavy (non-hydrogen) atoms. The number of ether oxygens (including phenoxy) is 1. The quantitative estimate of drug-likeness (QED) is 0.521. The highest BCUT2D eigenvalue weighted by molar-refractivity contribution is 7.07. The van der Waals surface area contributed by atoms with Gasteiger partial charge in [0.05, 0.1) is 6.07 Å². The maximum atomic E-state index is 12.6. The Morgan fingerprint density at radius 2 is 2.00 bits per heavy atom. The highest BCUT2D eigenvalue weighted by Gasteiger charge is 2.14. The summed E-state index contributed by atoms with van der Waals surface area (Å²) in [6.07, 6.45) is 1.50. The van der Waals surface area contributed by atoms with Crippen LogP contribution in [0.15, 0.2) is 35.3 Å². The average molecular weight is 453 g/mol. The standard InChI is InChI=1S/C22H24N6O3S/c1-4-28-21(30)19(32-22(28)18(15-24)20(29)26-12-10-23)9-11-25-16-5-7-17(8-6-16)31-14-13-27(2)3/h5-8,11,25H,4,12-14H2,1-3H3,(H,26,29)/b22-18-. The lowest BCUT2D eigenvalue weighted by molar-refractivity contribution is -0.115. The summed E-state index contributed by atoms with van der Waals surface area (Å²) in [5.74, 6) is 0.0624. The molecule has 0 unspecified atom stereocenters. The van der Waals surface area contributed by atoms with Gasteiger partial charge < -0.3 is 20.3 Å². The van der Waals surface area contributed by atoms with Gasteiger partial charge in [0, 0.05) is 25.0 Å². The van der Waals surface area contributed by atoms with Crippen LogP contribution in [-0.2, 0) is 11.3 Å². The molecule has 0 saturated heterocycles. The summed E-state index contributed by atoms with van der Waals surface area (Å²) in [5, 5.41) is 23.4. The molecule has 0 aliphatic rings. The van der Waals surface area contributed by atoms with Crippen molar-refractivity contribution < 1.29 is 9.53 Å². The minimum atomic E-state index is -0.695. The summed E-state index contributed by atoms with van der Waals surface area (Å²) < 4.78 is 7.46.